The second kappa shape index (κ2) is 46.4. The normalized spacial score (nSPS) is 21.1. The fourth-order valence-electron chi connectivity index (χ4n) is 9.13. The van der Waals surface area contributed by atoms with Crippen molar-refractivity contribution in [2.24, 2.45) is 0 Å². The number of ether oxygens (including phenoxy) is 12. The molecule has 9 atom stereocenters. The zero-order valence-electron chi connectivity index (χ0n) is 50.8. The van der Waals surface area contributed by atoms with E-state index in [4.69, 9.17) is 68.4 Å². The Hall–Kier alpha value is -4.65. The molecule has 0 bridgehead atoms. The van der Waals surface area contributed by atoms with Gasteiger partial charge in [-0.25, -0.2) is 9.59 Å². The Morgan fingerprint density at radius 3 is 1.57 bits per heavy atom. The Bertz CT molecular complexity index is 2190. The van der Waals surface area contributed by atoms with Crippen molar-refractivity contribution >= 4 is 64.9 Å². The van der Waals surface area contributed by atoms with Crippen molar-refractivity contribution in [1.82, 2.24) is 37.2 Å². The molecule has 0 aromatic heterocycles. The van der Waals surface area contributed by atoms with E-state index < -0.39 is 67.0 Å². The molecule has 3 aliphatic rings. The van der Waals surface area contributed by atoms with Crippen LogP contribution in [0.25, 0.3) is 0 Å². The Labute approximate surface area is 528 Å². The van der Waals surface area contributed by atoms with E-state index in [0.29, 0.717) is 128 Å². The molecule has 1 aromatic carbocycles. The van der Waals surface area contributed by atoms with Crippen molar-refractivity contribution in [3.63, 3.8) is 0 Å². The van der Waals surface area contributed by atoms with E-state index in [1.807, 2.05) is 11.8 Å². The van der Waals surface area contributed by atoms with Crippen molar-refractivity contribution in [2.75, 3.05) is 171 Å². The molecule has 3 heterocycles. The van der Waals surface area contributed by atoms with Gasteiger partial charge in [0.05, 0.1) is 175 Å². The molecule has 4 rings (SSSR count). The van der Waals surface area contributed by atoms with Gasteiger partial charge in [0.2, 0.25) is 29.5 Å². The number of benzene rings is 1. The average molecular weight is 1310 g/mol. The zero-order chi connectivity index (χ0) is 64.3. The largest absolute Gasteiger partial charge is 0.477 e. The van der Waals surface area contributed by atoms with Crippen molar-refractivity contribution in [2.45, 2.75) is 112 Å². The third kappa shape index (κ3) is 33.5. The fraction of sp³-hybridized carbons (Fsp3) is 0.772. The lowest BCUT2D eigenvalue weighted by Gasteiger charge is -2.46. The van der Waals surface area contributed by atoms with Gasteiger partial charge in [-0.05, 0) is 30.5 Å². The molecule has 30 nitrogen and oxygen atoms in total. The molecule has 0 aliphatic carbocycles. The summed E-state index contributed by atoms with van der Waals surface area (Å²) in [6, 6.07) is 5.50. The van der Waals surface area contributed by atoms with Crippen molar-refractivity contribution in [3.05, 3.63) is 34.9 Å². The summed E-state index contributed by atoms with van der Waals surface area (Å²) in [6.45, 7) is 7.21. The summed E-state index contributed by atoms with van der Waals surface area (Å²) >= 11 is 7.77. The summed E-state index contributed by atoms with van der Waals surface area (Å²) in [5.41, 5.74) is 0.639. The molecule has 3 fully saturated rings. The number of thioether (sulfide) groups is 1. The standard InChI is InChI=1S/C57H94ClN7O23S/c1-40(66)63-52-44(67)37-57(55(74)75,88-54(52)53(73)45(68)38-62-50(72)36-41-6-8-42(58)9-7-41)87-35-34-86-29-24-81-19-14-61-49(71)11-16-78-21-26-83-31-33-85-28-23-80-18-13-60-48(70)10-15-77-20-25-82-30-32-84-27-22-79-17-12-59-47(69)5-3-2-4-46-51-43(39-89-46)64-56(76)65-51/h6-9,43-46,51-54,67-68,73H,2-5,10-39H2,1H3,(H,59,69)(H,60,70)(H,61,71)(H,62,72)(H,63,66)(H,74,75)(H2,64,65,76)/t43-,44+,45-,46-,51-,52-,53-,54-,57-/m1/s1. The lowest BCUT2D eigenvalue weighted by Crippen LogP contribution is -2.68. The number of hydrogen-bond acceptors (Lipinski definition) is 23. The van der Waals surface area contributed by atoms with Gasteiger partial charge < -0.3 is 114 Å². The maximum atomic E-state index is 12.5. The van der Waals surface area contributed by atoms with Crippen LogP contribution in [0.2, 0.25) is 5.02 Å². The molecule has 0 unspecified atom stereocenters. The number of halogens is 1. The van der Waals surface area contributed by atoms with E-state index in [0.717, 1.165) is 31.9 Å². The lowest BCUT2D eigenvalue weighted by atomic mass is 9.88. The number of urea groups is 1. The number of fused-ring (bicyclic) bond motifs is 1. The number of carboxylic acids is 1. The number of hydrogen-bond donors (Lipinski definition) is 11. The number of carbonyl (C=O) groups is 7. The predicted octanol–water partition coefficient (Wildman–Crippen LogP) is -1.81. The minimum absolute atomic E-state index is 0.0115. The van der Waals surface area contributed by atoms with Gasteiger partial charge in [-0.1, -0.05) is 30.2 Å². The number of rotatable bonds is 53. The number of carbonyl (C=O) groups excluding carboxylic acids is 6. The number of nitrogens with one attached hydrogen (secondary N) is 7. The first kappa shape index (κ1) is 76.8. The van der Waals surface area contributed by atoms with Gasteiger partial charge in [0.1, 0.15) is 12.2 Å². The van der Waals surface area contributed by atoms with Crippen LogP contribution in [0.15, 0.2) is 24.3 Å². The first-order chi connectivity index (χ1) is 43.1. The summed E-state index contributed by atoms with van der Waals surface area (Å²) in [4.78, 5) is 84.8. The number of amides is 7. The van der Waals surface area contributed by atoms with Gasteiger partial charge in [0.25, 0.3) is 5.79 Å². The number of aliphatic hydroxyl groups excluding tert-OH is 3. The number of aliphatic hydroxyl groups is 3. The summed E-state index contributed by atoms with van der Waals surface area (Å²) in [5.74, 6) is -4.70. The van der Waals surface area contributed by atoms with E-state index in [2.05, 4.69) is 37.2 Å². The van der Waals surface area contributed by atoms with Gasteiger partial charge in [-0.15, -0.1) is 0 Å². The number of aliphatic carboxylic acids is 1. The summed E-state index contributed by atoms with van der Waals surface area (Å²) in [5, 5.41) is 63.1. The quantitative estimate of drug-likeness (QED) is 0.0253. The highest BCUT2D eigenvalue weighted by Crippen LogP contribution is 2.35. The van der Waals surface area contributed by atoms with Crippen LogP contribution in [-0.2, 0) is 92.0 Å². The maximum Gasteiger partial charge on any atom is 0.364 e. The summed E-state index contributed by atoms with van der Waals surface area (Å²) in [7, 11) is 0. The molecular formula is C57H94ClN7O23S. The van der Waals surface area contributed by atoms with Crippen LogP contribution in [-0.4, -0.2) is 286 Å². The predicted molar refractivity (Wildman–Crippen MR) is 320 cm³/mol. The zero-order valence-corrected chi connectivity index (χ0v) is 52.4. The third-order valence-electron chi connectivity index (χ3n) is 13.7. The van der Waals surface area contributed by atoms with E-state index in [-0.39, 0.29) is 108 Å². The molecule has 89 heavy (non-hydrogen) atoms. The first-order valence-electron chi connectivity index (χ1n) is 30.2. The number of carboxylic acid groups (broad SMARTS) is 1. The summed E-state index contributed by atoms with van der Waals surface area (Å²) < 4.78 is 66.1. The van der Waals surface area contributed by atoms with Crippen LogP contribution in [0.5, 0.6) is 0 Å². The SMILES string of the molecule is CC(=O)N[C@H]1[C@H]([C@H](O)[C@H](O)CNC(=O)Cc2ccc(Cl)cc2)O[C@@](OCCOCCOCCNC(=O)CCOCCOCCOCCOCCNC(=O)CCOCCOCCOCCOCCNC(=O)CCCC[C@H]2SC[C@H]3NC(=O)N[C@H]32)(C(=O)O)C[C@@H]1O. The molecule has 508 valence electrons. The Kier molecular flexibility index (Phi) is 40.1. The minimum Gasteiger partial charge on any atom is -0.477 e. The minimum atomic E-state index is -2.50. The molecule has 7 amide bonds. The fourth-order valence-corrected chi connectivity index (χ4v) is 10.8. The number of unbranched alkanes of at least 4 members (excludes halogenated alkanes) is 1. The maximum absolute atomic E-state index is 12.5. The molecule has 11 N–H and O–H groups in total. The van der Waals surface area contributed by atoms with E-state index in [1.165, 1.54) is 0 Å². The Balaban J connectivity index is 0.838. The van der Waals surface area contributed by atoms with Crippen LogP contribution in [0, 0.1) is 0 Å². The van der Waals surface area contributed by atoms with Gasteiger partial charge in [0.15, 0.2) is 0 Å². The topological polar surface area (TPSA) is 395 Å². The van der Waals surface area contributed by atoms with Crippen molar-refractivity contribution in [1.29, 1.82) is 0 Å². The van der Waals surface area contributed by atoms with Gasteiger partial charge >= 0.3 is 12.0 Å². The molecule has 3 aliphatic heterocycles. The molecule has 32 heteroatoms. The highest BCUT2D eigenvalue weighted by Gasteiger charge is 2.56. The van der Waals surface area contributed by atoms with Crippen LogP contribution in [0.1, 0.15) is 57.4 Å². The van der Waals surface area contributed by atoms with Gasteiger partial charge in [-0.3, -0.25) is 24.0 Å². The van der Waals surface area contributed by atoms with Crippen molar-refractivity contribution < 1.29 is 111 Å². The van der Waals surface area contributed by atoms with E-state index >= 15 is 0 Å². The van der Waals surface area contributed by atoms with Crippen molar-refractivity contribution in [3.8, 4) is 0 Å². The van der Waals surface area contributed by atoms with Crippen LogP contribution >= 0.6 is 23.4 Å². The Morgan fingerprint density at radius 2 is 1.09 bits per heavy atom. The van der Waals surface area contributed by atoms with E-state index in [1.54, 1.807) is 24.3 Å². The average Bonchev–Trinajstić information content (AvgIpc) is 1.82. The molecule has 1 aromatic rings. The van der Waals surface area contributed by atoms with Crippen LogP contribution in [0.3, 0.4) is 0 Å². The molecule has 0 saturated carbocycles. The second-order valence-electron chi connectivity index (χ2n) is 20.7. The van der Waals surface area contributed by atoms with E-state index in [9.17, 15) is 54.0 Å². The van der Waals surface area contributed by atoms with Gasteiger partial charge in [0, 0.05) is 74.8 Å². The second-order valence-corrected chi connectivity index (χ2v) is 22.4. The van der Waals surface area contributed by atoms with Gasteiger partial charge in [-0.2, -0.15) is 11.8 Å². The molecule has 0 spiro atoms. The van der Waals surface area contributed by atoms with Crippen LogP contribution in [0.4, 0.5) is 4.79 Å². The third-order valence-corrected chi connectivity index (χ3v) is 15.4. The highest BCUT2D eigenvalue weighted by atomic mass is 35.5. The Morgan fingerprint density at radius 1 is 0.629 bits per heavy atom. The van der Waals surface area contributed by atoms with Crippen LogP contribution < -0.4 is 37.2 Å². The molecule has 3 saturated heterocycles. The monoisotopic (exact) mass is 1310 g/mol. The molecule has 0 radical (unpaired) electrons. The lowest BCUT2D eigenvalue weighted by molar-refractivity contribution is -0.312. The highest BCUT2D eigenvalue weighted by molar-refractivity contribution is 8.00. The first-order valence-corrected chi connectivity index (χ1v) is 31.6. The molecular weight excluding hydrogens is 1220 g/mol. The summed E-state index contributed by atoms with van der Waals surface area (Å²) in [6.07, 6.45) is -4.06. The smallest absolute Gasteiger partial charge is 0.364 e.